The first-order chi connectivity index (χ1) is 14.3. The number of methoxy groups -OCH3 is 1. The molecule has 0 bridgehead atoms. The van der Waals surface area contributed by atoms with Crippen LogP contribution in [0.1, 0.15) is 5.56 Å². The van der Waals surface area contributed by atoms with E-state index in [1.807, 2.05) is 0 Å². The van der Waals surface area contributed by atoms with Crippen molar-refractivity contribution in [2.75, 3.05) is 7.11 Å². The third kappa shape index (κ3) is 6.74. The summed E-state index contributed by atoms with van der Waals surface area (Å²) in [4.78, 5) is 0. The molecule has 0 aromatic heterocycles. The minimum atomic E-state index is -0.877. The fourth-order valence-corrected chi connectivity index (χ4v) is 5.57. The summed E-state index contributed by atoms with van der Waals surface area (Å²) >= 11 is 0. The number of ether oxygens (including phenoxy) is 1. The van der Waals surface area contributed by atoms with Crippen molar-refractivity contribution >= 4 is 23.8 Å². The molecule has 4 aromatic rings. The monoisotopic (exact) mass is 591 g/mol. The van der Waals surface area contributed by atoms with Gasteiger partial charge >= 0.3 is 22.4 Å². The summed E-state index contributed by atoms with van der Waals surface area (Å²) in [6.45, 7) is 0. The molecule has 152 valence electrons. The van der Waals surface area contributed by atoms with Crippen LogP contribution < -0.4 is 20.7 Å². The zero-order valence-corrected chi connectivity index (χ0v) is 19.8. The Morgan fingerprint density at radius 1 is 0.600 bits per heavy atom. The van der Waals surface area contributed by atoms with E-state index >= 15 is 0 Å². The smallest absolute Gasteiger partial charge is 0.497 e. The molecule has 0 atom stereocenters. The first kappa shape index (κ1) is 23.7. The molecule has 4 rings (SSSR count). The first-order valence-corrected chi connectivity index (χ1v) is 10.9. The van der Waals surface area contributed by atoms with Crippen LogP contribution in [0.25, 0.3) is 0 Å². The summed E-state index contributed by atoms with van der Waals surface area (Å²) in [6, 6.07) is 39.7. The fourth-order valence-electron chi connectivity index (χ4n) is 2.99. The van der Waals surface area contributed by atoms with Gasteiger partial charge in [0.05, 0.1) is 15.0 Å². The number of benzene rings is 4. The Morgan fingerprint density at radius 3 is 1.27 bits per heavy atom. The summed E-state index contributed by atoms with van der Waals surface area (Å²) in [5, 5.41) is 4.31. The average molecular weight is 591 g/mol. The van der Waals surface area contributed by atoms with Gasteiger partial charge in [-0.3, -0.25) is 5.92 Å². The van der Waals surface area contributed by atoms with E-state index < -0.39 is 7.92 Å². The van der Waals surface area contributed by atoms with Crippen molar-refractivity contribution in [1.29, 1.82) is 0 Å². The number of rotatable bonds is 4. The maximum Gasteiger partial charge on any atom is 1.00 e. The molecule has 3 heteroatoms. The van der Waals surface area contributed by atoms with E-state index in [1.54, 1.807) is 31.4 Å². The zero-order chi connectivity index (χ0) is 20.3. The van der Waals surface area contributed by atoms with Gasteiger partial charge in [0.1, 0.15) is 21.7 Å². The van der Waals surface area contributed by atoms with E-state index in [2.05, 4.69) is 96.9 Å². The van der Waals surface area contributed by atoms with Crippen molar-refractivity contribution in [1.82, 2.24) is 0 Å². The fraction of sp³-hybridized carbons (Fsp3) is 0.0370. The Bertz CT molecular complexity index is 933. The molecule has 0 fully saturated rings. The molecule has 0 aliphatic heterocycles. The molecular formula is C27H23AuOP+. The summed E-state index contributed by atoms with van der Waals surface area (Å²) < 4.78 is 4.92. The molecule has 0 spiro atoms. The van der Waals surface area contributed by atoms with Crippen molar-refractivity contribution in [3.63, 3.8) is 0 Å². The standard InChI is InChI=1S/C18H15P.C9H7O.Au/c1-4-10-16(11-5-1)19(17-12-6-2-7-13-17)18-14-8-3-9-15-18;1-3-8-4-6-9(10-2)7-5-8;/h1-15H;4-7H,2H3;/q;-1;+1/p+1. The van der Waals surface area contributed by atoms with Crippen LogP contribution in [0.15, 0.2) is 115 Å². The SMILES string of the molecule is [Au+].[C-]#Cc1ccc(OC)cc1.c1ccc([PH+](c2ccccc2)c2ccccc2)cc1. The third-order valence-corrected chi connectivity index (χ3v) is 7.15. The van der Waals surface area contributed by atoms with Crippen LogP contribution in [0.5, 0.6) is 5.75 Å². The topological polar surface area (TPSA) is 9.23 Å². The average Bonchev–Trinajstić information content (AvgIpc) is 2.82. The van der Waals surface area contributed by atoms with Crippen LogP contribution in [0.4, 0.5) is 0 Å². The number of hydrogen-bond donors (Lipinski definition) is 0. The van der Waals surface area contributed by atoms with E-state index in [0.717, 1.165) is 11.3 Å². The molecule has 0 N–H and O–H groups in total. The molecule has 0 aliphatic rings. The van der Waals surface area contributed by atoms with Gasteiger partial charge in [0.2, 0.25) is 0 Å². The van der Waals surface area contributed by atoms with Gasteiger partial charge < -0.3 is 11.2 Å². The Kier molecular flexibility index (Phi) is 10.2. The molecule has 0 saturated carbocycles. The number of hydrogen-bond acceptors (Lipinski definition) is 1. The Morgan fingerprint density at radius 2 is 0.967 bits per heavy atom. The van der Waals surface area contributed by atoms with E-state index in [-0.39, 0.29) is 22.4 Å². The molecule has 0 aliphatic carbocycles. The molecule has 0 saturated heterocycles. The maximum atomic E-state index is 6.78. The first-order valence-electron chi connectivity index (χ1n) is 9.42. The minimum absolute atomic E-state index is 0. The van der Waals surface area contributed by atoms with E-state index in [0.29, 0.717) is 0 Å². The normalized spacial score (nSPS) is 9.50. The molecule has 0 amide bonds. The molecule has 0 radical (unpaired) electrons. The Labute approximate surface area is 196 Å². The van der Waals surface area contributed by atoms with Crippen LogP contribution in [-0.2, 0) is 22.4 Å². The predicted octanol–water partition coefficient (Wildman–Crippen LogP) is 4.81. The van der Waals surface area contributed by atoms with Gasteiger partial charge in [-0.2, -0.15) is 0 Å². The quantitative estimate of drug-likeness (QED) is 0.143. The van der Waals surface area contributed by atoms with Gasteiger partial charge in [-0.1, -0.05) is 54.6 Å². The Hall–Kier alpha value is -2.59. The predicted molar refractivity (Wildman–Crippen MR) is 126 cm³/mol. The largest absolute Gasteiger partial charge is 1.00 e. The summed E-state index contributed by atoms with van der Waals surface area (Å²) in [7, 11) is 0.737. The van der Waals surface area contributed by atoms with Crippen molar-refractivity contribution in [2.45, 2.75) is 0 Å². The van der Waals surface area contributed by atoms with Crippen molar-refractivity contribution in [3.8, 4) is 11.7 Å². The van der Waals surface area contributed by atoms with Gasteiger partial charge in [-0.05, 0) is 48.5 Å². The minimum Gasteiger partial charge on any atom is -0.497 e. The summed E-state index contributed by atoms with van der Waals surface area (Å²) in [6.07, 6.45) is 6.78. The Balaban J connectivity index is 0.000000249. The van der Waals surface area contributed by atoms with Gasteiger partial charge in [-0.15, -0.1) is 17.7 Å². The van der Waals surface area contributed by atoms with Gasteiger partial charge in [0.25, 0.3) is 0 Å². The van der Waals surface area contributed by atoms with Crippen LogP contribution in [0, 0.1) is 12.3 Å². The van der Waals surface area contributed by atoms with Crippen LogP contribution >= 0.6 is 7.92 Å². The molecule has 4 aromatic carbocycles. The second-order valence-electron chi connectivity index (χ2n) is 6.33. The van der Waals surface area contributed by atoms with Crippen LogP contribution in [0.3, 0.4) is 0 Å². The zero-order valence-electron chi connectivity index (χ0n) is 16.7. The molecule has 0 heterocycles. The van der Waals surface area contributed by atoms with Gasteiger partial charge in [0, 0.05) is 0 Å². The summed E-state index contributed by atoms with van der Waals surface area (Å²) in [5.74, 6) is 3.08. The molecular weight excluding hydrogens is 568 g/mol. The van der Waals surface area contributed by atoms with E-state index in [9.17, 15) is 0 Å². The maximum absolute atomic E-state index is 6.78. The van der Waals surface area contributed by atoms with Crippen molar-refractivity contribution in [2.24, 2.45) is 0 Å². The van der Waals surface area contributed by atoms with Gasteiger partial charge in [0.15, 0.2) is 0 Å². The van der Waals surface area contributed by atoms with E-state index in [4.69, 9.17) is 11.2 Å². The second-order valence-corrected chi connectivity index (χ2v) is 8.81. The van der Waals surface area contributed by atoms with Crippen LogP contribution in [0.2, 0.25) is 0 Å². The molecule has 30 heavy (non-hydrogen) atoms. The molecule has 0 unspecified atom stereocenters. The summed E-state index contributed by atoms with van der Waals surface area (Å²) in [5.41, 5.74) is 0.765. The van der Waals surface area contributed by atoms with Crippen molar-refractivity contribution in [3.05, 3.63) is 127 Å². The van der Waals surface area contributed by atoms with E-state index in [1.165, 1.54) is 15.9 Å². The van der Waals surface area contributed by atoms with Gasteiger partial charge in [-0.25, -0.2) is 0 Å². The van der Waals surface area contributed by atoms with Crippen LogP contribution in [-0.4, -0.2) is 7.11 Å². The molecule has 1 nitrogen and oxygen atoms in total. The second kappa shape index (κ2) is 12.9. The third-order valence-electron chi connectivity index (χ3n) is 4.42. The van der Waals surface area contributed by atoms with Crippen molar-refractivity contribution < 1.29 is 27.1 Å².